The minimum atomic E-state index is -0.437. The first-order valence-electron chi connectivity index (χ1n) is 6.17. The third-order valence-corrected chi connectivity index (χ3v) is 2.82. The van der Waals surface area contributed by atoms with Crippen molar-refractivity contribution in [2.45, 2.75) is 0 Å². The number of carbonyl (C=O) groups excluding carboxylic acids is 1. The number of pyridine rings is 1. The zero-order chi connectivity index (χ0) is 14.7. The van der Waals surface area contributed by atoms with Crippen molar-refractivity contribution in [1.82, 2.24) is 10.1 Å². The van der Waals surface area contributed by atoms with Gasteiger partial charge in [0.25, 0.3) is 5.91 Å². The quantitative estimate of drug-likeness (QED) is 0.801. The molecule has 0 fully saturated rings. The van der Waals surface area contributed by atoms with Crippen LogP contribution >= 0.6 is 0 Å². The standard InChI is InChI=1S/C15H10FN3O2/c16-12-4-2-1-3-11(12)14-9-13(19-21-14)15(20)18-10-5-7-17-8-6-10/h1-9H,(H,17,18,20). The largest absolute Gasteiger partial charge is 0.355 e. The summed E-state index contributed by atoms with van der Waals surface area (Å²) in [5.41, 5.74) is 0.920. The van der Waals surface area contributed by atoms with Crippen molar-refractivity contribution in [2.75, 3.05) is 5.32 Å². The maximum absolute atomic E-state index is 13.6. The molecule has 0 spiro atoms. The van der Waals surface area contributed by atoms with E-state index in [4.69, 9.17) is 4.52 Å². The SMILES string of the molecule is O=C(Nc1ccncc1)c1cc(-c2ccccc2F)on1. The zero-order valence-corrected chi connectivity index (χ0v) is 10.8. The van der Waals surface area contributed by atoms with E-state index < -0.39 is 11.7 Å². The molecule has 0 saturated heterocycles. The smallest absolute Gasteiger partial charge is 0.277 e. The van der Waals surface area contributed by atoms with E-state index >= 15 is 0 Å². The van der Waals surface area contributed by atoms with Gasteiger partial charge in [-0.1, -0.05) is 17.3 Å². The Kier molecular flexibility index (Phi) is 3.42. The van der Waals surface area contributed by atoms with E-state index in [1.807, 2.05) is 0 Å². The van der Waals surface area contributed by atoms with Crippen LogP contribution in [0.25, 0.3) is 11.3 Å². The molecule has 2 heterocycles. The van der Waals surface area contributed by atoms with Crippen molar-refractivity contribution >= 4 is 11.6 Å². The number of nitrogens with one attached hydrogen (secondary N) is 1. The number of carbonyl (C=O) groups is 1. The summed E-state index contributed by atoms with van der Waals surface area (Å²) in [6.45, 7) is 0. The van der Waals surface area contributed by atoms with Crippen LogP contribution in [0.3, 0.4) is 0 Å². The minimum absolute atomic E-state index is 0.0741. The Morgan fingerprint density at radius 3 is 2.67 bits per heavy atom. The Morgan fingerprint density at radius 2 is 1.90 bits per heavy atom. The first-order valence-corrected chi connectivity index (χ1v) is 6.17. The molecule has 3 rings (SSSR count). The van der Waals surface area contributed by atoms with E-state index in [1.165, 1.54) is 12.1 Å². The monoisotopic (exact) mass is 283 g/mol. The van der Waals surface area contributed by atoms with Gasteiger partial charge in [-0.05, 0) is 24.3 Å². The molecule has 2 aromatic heterocycles. The van der Waals surface area contributed by atoms with Gasteiger partial charge < -0.3 is 9.84 Å². The molecule has 0 atom stereocenters. The highest BCUT2D eigenvalue weighted by Gasteiger charge is 2.15. The molecule has 0 aliphatic carbocycles. The van der Waals surface area contributed by atoms with Gasteiger partial charge in [-0.3, -0.25) is 9.78 Å². The lowest BCUT2D eigenvalue weighted by atomic mass is 10.1. The molecule has 0 aliphatic heterocycles. The van der Waals surface area contributed by atoms with E-state index in [2.05, 4.69) is 15.5 Å². The summed E-state index contributed by atoms with van der Waals surface area (Å²) in [7, 11) is 0. The second kappa shape index (κ2) is 5.54. The number of anilines is 1. The molecule has 0 saturated carbocycles. The lowest BCUT2D eigenvalue weighted by Gasteiger charge is -2.00. The third-order valence-electron chi connectivity index (χ3n) is 2.82. The third kappa shape index (κ3) is 2.79. The van der Waals surface area contributed by atoms with Crippen LogP contribution in [0.4, 0.5) is 10.1 Å². The summed E-state index contributed by atoms with van der Waals surface area (Å²) in [5.74, 6) is -0.671. The van der Waals surface area contributed by atoms with E-state index in [-0.39, 0.29) is 17.0 Å². The summed E-state index contributed by atoms with van der Waals surface area (Å²) >= 11 is 0. The lowest BCUT2D eigenvalue weighted by molar-refractivity contribution is 0.101. The molecule has 5 nitrogen and oxygen atoms in total. The van der Waals surface area contributed by atoms with Crippen LogP contribution in [-0.4, -0.2) is 16.0 Å². The zero-order valence-electron chi connectivity index (χ0n) is 10.8. The molecule has 0 bridgehead atoms. The predicted molar refractivity (Wildman–Crippen MR) is 74.1 cm³/mol. The van der Waals surface area contributed by atoms with Crippen LogP contribution in [0, 0.1) is 5.82 Å². The average molecular weight is 283 g/mol. The normalized spacial score (nSPS) is 10.3. The Hall–Kier alpha value is -3.02. The fourth-order valence-electron chi connectivity index (χ4n) is 1.80. The Labute approximate surface area is 119 Å². The maximum atomic E-state index is 13.6. The van der Waals surface area contributed by atoms with Gasteiger partial charge in [-0.15, -0.1) is 0 Å². The fraction of sp³-hybridized carbons (Fsp3) is 0. The van der Waals surface area contributed by atoms with Gasteiger partial charge in [0.2, 0.25) is 0 Å². The van der Waals surface area contributed by atoms with Crippen molar-refractivity contribution in [2.24, 2.45) is 0 Å². The van der Waals surface area contributed by atoms with Gasteiger partial charge >= 0.3 is 0 Å². The number of hydrogen-bond acceptors (Lipinski definition) is 4. The van der Waals surface area contributed by atoms with Crippen molar-refractivity contribution in [3.63, 3.8) is 0 Å². The summed E-state index contributed by atoms with van der Waals surface area (Å²) in [4.78, 5) is 15.8. The number of rotatable bonds is 3. The first-order chi connectivity index (χ1) is 10.2. The molecule has 1 amide bonds. The van der Waals surface area contributed by atoms with Gasteiger partial charge in [0.05, 0.1) is 5.56 Å². The van der Waals surface area contributed by atoms with Crippen molar-refractivity contribution in [3.05, 3.63) is 66.4 Å². The molecule has 1 N–H and O–H groups in total. The van der Waals surface area contributed by atoms with Gasteiger partial charge in [0.15, 0.2) is 11.5 Å². The minimum Gasteiger partial charge on any atom is -0.355 e. The van der Waals surface area contributed by atoms with Gasteiger partial charge in [0.1, 0.15) is 5.82 Å². The molecule has 0 radical (unpaired) electrons. The number of aromatic nitrogens is 2. The number of amides is 1. The van der Waals surface area contributed by atoms with Crippen molar-refractivity contribution in [1.29, 1.82) is 0 Å². The van der Waals surface area contributed by atoms with Crippen molar-refractivity contribution in [3.8, 4) is 11.3 Å². The highest BCUT2D eigenvalue weighted by molar-refractivity contribution is 6.03. The molecule has 3 aromatic rings. The number of hydrogen-bond donors (Lipinski definition) is 1. The predicted octanol–water partition coefficient (Wildman–Crippen LogP) is 3.13. The van der Waals surface area contributed by atoms with Gasteiger partial charge in [-0.25, -0.2) is 4.39 Å². The maximum Gasteiger partial charge on any atom is 0.277 e. The fourth-order valence-corrected chi connectivity index (χ4v) is 1.80. The van der Waals surface area contributed by atoms with Crippen LogP contribution in [-0.2, 0) is 0 Å². The van der Waals surface area contributed by atoms with Crippen LogP contribution in [0.1, 0.15) is 10.5 Å². The molecule has 1 aromatic carbocycles. The van der Waals surface area contributed by atoms with Gasteiger partial charge in [-0.2, -0.15) is 0 Å². The highest BCUT2D eigenvalue weighted by atomic mass is 19.1. The summed E-state index contributed by atoms with van der Waals surface area (Å²) in [6, 6.07) is 10.8. The van der Waals surface area contributed by atoms with E-state index in [0.717, 1.165) is 0 Å². The number of halogens is 1. The number of benzene rings is 1. The Balaban J connectivity index is 1.82. The second-order valence-electron chi connectivity index (χ2n) is 4.25. The molecular formula is C15H10FN3O2. The van der Waals surface area contributed by atoms with Crippen LogP contribution in [0.5, 0.6) is 0 Å². The second-order valence-corrected chi connectivity index (χ2v) is 4.25. The van der Waals surface area contributed by atoms with Crippen LogP contribution in [0.2, 0.25) is 0 Å². The summed E-state index contributed by atoms with van der Waals surface area (Å²) in [5, 5.41) is 6.30. The molecule has 0 unspecified atom stereocenters. The van der Waals surface area contributed by atoms with Crippen LogP contribution < -0.4 is 5.32 Å². The van der Waals surface area contributed by atoms with Gasteiger partial charge in [0, 0.05) is 24.1 Å². The highest BCUT2D eigenvalue weighted by Crippen LogP contribution is 2.23. The van der Waals surface area contributed by atoms with E-state index in [1.54, 1.807) is 42.7 Å². The van der Waals surface area contributed by atoms with Crippen LogP contribution in [0.15, 0.2) is 59.4 Å². The Bertz CT molecular complexity index is 771. The molecule has 0 aliphatic rings. The molecule has 104 valence electrons. The molecular weight excluding hydrogens is 273 g/mol. The summed E-state index contributed by atoms with van der Waals surface area (Å²) in [6.07, 6.45) is 3.12. The van der Waals surface area contributed by atoms with E-state index in [9.17, 15) is 9.18 Å². The molecule has 6 heteroatoms. The topological polar surface area (TPSA) is 68.0 Å². The molecule has 21 heavy (non-hydrogen) atoms. The van der Waals surface area contributed by atoms with E-state index in [0.29, 0.717) is 5.69 Å². The first kappa shape index (κ1) is 13.0. The average Bonchev–Trinajstić information content (AvgIpc) is 2.98. The van der Waals surface area contributed by atoms with Crippen molar-refractivity contribution < 1.29 is 13.7 Å². The number of nitrogens with zero attached hydrogens (tertiary/aromatic N) is 2. The lowest BCUT2D eigenvalue weighted by Crippen LogP contribution is -2.11. The summed E-state index contributed by atoms with van der Waals surface area (Å²) < 4.78 is 18.7. The Morgan fingerprint density at radius 1 is 1.14 bits per heavy atom.